The summed E-state index contributed by atoms with van der Waals surface area (Å²) in [6, 6.07) is 1.78. The van der Waals surface area contributed by atoms with Crippen LogP contribution in [0, 0.1) is 20.2 Å². The summed E-state index contributed by atoms with van der Waals surface area (Å²) in [5.74, 6) is 0. The molecule has 1 aliphatic heterocycles. The van der Waals surface area contributed by atoms with Crippen LogP contribution in [0.3, 0.4) is 0 Å². The minimum atomic E-state index is -4.39. The molecule has 3 N–H and O–H groups in total. The normalized spacial score (nSPS) is 17.1. The van der Waals surface area contributed by atoms with Gasteiger partial charge in [-0.05, 0) is 12.1 Å². The lowest BCUT2D eigenvalue weighted by Gasteiger charge is -2.31. The van der Waals surface area contributed by atoms with Crippen molar-refractivity contribution < 1.29 is 36.7 Å². The molecular weight excluding hydrogens is 450 g/mol. The summed E-state index contributed by atoms with van der Waals surface area (Å²) in [6.07, 6.45) is -1.64. The van der Waals surface area contributed by atoms with Crippen molar-refractivity contribution in [2.45, 2.75) is 15.9 Å². The fraction of sp³-hybridized carbons (Fsp3) is 0.400. The molecule has 0 aliphatic carbocycles. The fourth-order valence-electron chi connectivity index (χ4n) is 2.27. The minimum Gasteiger partial charge on any atom is -0.370 e. The second kappa shape index (κ2) is 7.87. The topological polar surface area (TPSA) is 214 Å². The van der Waals surface area contributed by atoms with Crippen LogP contribution >= 0.6 is 11.6 Å². The number of fused-ring (bicyclic) bond motifs is 1. The van der Waals surface area contributed by atoms with E-state index in [0.717, 1.165) is 12.1 Å². The number of nitrogens with two attached hydrogens (primary N) is 1. The van der Waals surface area contributed by atoms with Gasteiger partial charge in [0.05, 0.1) is 17.4 Å². The Balaban J connectivity index is 2.37. The second-order valence-corrected chi connectivity index (χ2v) is 9.11. The molecule has 0 spiro atoms. The predicted molar refractivity (Wildman–Crippen MR) is 90.0 cm³/mol. The molecule has 0 fully saturated rings. The Bertz CT molecular complexity index is 1010. The Kier molecular flexibility index (Phi) is 6.14. The highest BCUT2D eigenvalue weighted by atomic mass is 35.5. The van der Waals surface area contributed by atoms with Gasteiger partial charge in [-0.15, -0.1) is 20.2 Å². The van der Waals surface area contributed by atoms with Crippen molar-refractivity contribution in [1.82, 2.24) is 4.31 Å². The van der Waals surface area contributed by atoms with E-state index in [1.165, 1.54) is 0 Å². The molecule has 15 nitrogen and oxygen atoms in total. The van der Waals surface area contributed by atoms with Crippen molar-refractivity contribution >= 4 is 37.3 Å². The zero-order chi connectivity index (χ0) is 21.3. The number of hydrogen-bond acceptors (Lipinski definition) is 11. The second-order valence-electron chi connectivity index (χ2n) is 5.27. The molecule has 0 radical (unpaired) electrons. The van der Waals surface area contributed by atoms with Gasteiger partial charge < -0.3 is 15.0 Å². The van der Waals surface area contributed by atoms with E-state index in [-0.39, 0.29) is 10.7 Å². The number of primary sulfonamides is 1. The molecule has 28 heavy (non-hydrogen) atoms. The van der Waals surface area contributed by atoms with Crippen LogP contribution in [0.5, 0.6) is 0 Å². The molecule has 1 aromatic rings. The molecule has 0 saturated heterocycles. The maximum Gasteiger partial charge on any atom is 0.294 e. The highest BCUT2D eigenvalue weighted by Gasteiger charge is 2.36. The third kappa shape index (κ3) is 4.87. The number of nitrogens with one attached hydrogen (secondary N) is 1. The zero-order valence-corrected chi connectivity index (χ0v) is 15.9. The summed E-state index contributed by atoms with van der Waals surface area (Å²) in [7, 11) is -8.73. The molecule has 0 aromatic heterocycles. The van der Waals surface area contributed by atoms with E-state index in [4.69, 9.17) is 16.7 Å². The summed E-state index contributed by atoms with van der Waals surface area (Å²) in [5, 5.41) is 25.6. The van der Waals surface area contributed by atoms with Gasteiger partial charge in [0.2, 0.25) is 20.0 Å². The molecule has 0 saturated carbocycles. The number of nitrogens with zero attached hydrogens (tertiary/aromatic N) is 3. The number of anilines is 1. The SMILES string of the molecule is NS(=O)(=O)c1cc2c(cc1Cl)NCN(CC(CO[N+](=O)[O-])O[N+](=O)[O-])S2(=O)=O. The van der Waals surface area contributed by atoms with Gasteiger partial charge in [-0.3, -0.25) is 0 Å². The Morgan fingerprint density at radius 1 is 1.32 bits per heavy atom. The Morgan fingerprint density at radius 3 is 2.50 bits per heavy atom. The summed E-state index contributed by atoms with van der Waals surface area (Å²) >= 11 is 5.80. The van der Waals surface area contributed by atoms with E-state index >= 15 is 0 Å². The van der Waals surface area contributed by atoms with Crippen LogP contribution in [-0.2, 0) is 29.7 Å². The fourth-order valence-corrected chi connectivity index (χ4v) is 5.00. The van der Waals surface area contributed by atoms with Gasteiger partial charge in [0.15, 0.2) is 0 Å². The van der Waals surface area contributed by atoms with E-state index in [2.05, 4.69) is 15.0 Å². The zero-order valence-electron chi connectivity index (χ0n) is 13.5. The van der Waals surface area contributed by atoms with Crippen molar-refractivity contribution in [3.63, 3.8) is 0 Å². The van der Waals surface area contributed by atoms with E-state index < -0.39 is 65.9 Å². The molecule has 1 unspecified atom stereocenters. The molecule has 1 heterocycles. The molecule has 18 heteroatoms. The van der Waals surface area contributed by atoms with Crippen molar-refractivity contribution in [3.8, 4) is 0 Å². The average molecular weight is 462 g/mol. The highest BCUT2D eigenvalue weighted by molar-refractivity contribution is 7.90. The summed E-state index contributed by atoms with van der Waals surface area (Å²) in [4.78, 5) is 27.8. The van der Waals surface area contributed by atoms with Crippen molar-refractivity contribution in [2.24, 2.45) is 5.14 Å². The first-order valence-electron chi connectivity index (χ1n) is 7.01. The van der Waals surface area contributed by atoms with Crippen molar-refractivity contribution in [1.29, 1.82) is 0 Å². The van der Waals surface area contributed by atoms with Crippen molar-refractivity contribution in [3.05, 3.63) is 37.4 Å². The smallest absolute Gasteiger partial charge is 0.294 e. The van der Waals surface area contributed by atoms with Crippen LogP contribution in [0.4, 0.5) is 5.69 Å². The molecule has 0 bridgehead atoms. The minimum absolute atomic E-state index is 0.0260. The third-order valence-electron chi connectivity index (χ3n) is 3.41. The lowest BCUT2D eigenvalue weighted by atomic mass is 10.3. The molecule has 156 valence electrons. The molecular formula is C10H12ClN5O10S2. The van der Waals surface area contributed by atoms with Crippen LogP contribution in [0.15, 0.2) is 21.9 Å². The first kappa shape index (κ1) is 21.8. The quantitative estimate of drug-likeness (QED) is 0.358. The maximum absolute atomic E-state index is 12.8. The van der Waals surface area contributed by atoms with Gasteiger partial charge in [-0.1, -0.05) is 11.6 Å². The van der Waals surface area contributed by atoms with E-state index in [9.17, 15) is 37.1 Å². The molecule has 2 rings (SSSR count). The first-order valence-corrected chi connectivity index (χ1v) is 10.4. The standard InChI is InChI=1S/C10H12ClN5O10S2/c11-7-1-8-10(2-9(7)27(12,21)22)28(23,24)14(5-13-8)3-6(26-16(19)20)4-25-15(17)18/h1-2,6,13H,3-5H2,(H2,12,21,22). The van der Waals surface area contributed by atoms with Crippen LogP contribution < -0.4 is 10.5 Å². The Labute approximate surface area is 162 Å². The highest BCUT2D eigenvalue weighted by Crippen LogP contribution is 2.35. The lowest BCUT2D eigenvalue weighted by molar-refractivity contribution is -0.789. The summed E-state index contributed by atoms with van der Waals surface area (Å²) in [5.41, 5.74) is -0.0260. The predicted octanol–water partition coefficient (Wildman–Crippen LogP) is -0.854. The molecule has 1 aliphatic rings. The van der Waals surface area contributed by atoms with Crippen LogP contribution in [0.2, 0.25) is 5.02 Å². The maximum atomic E-state index is 12.8. The van der Waals surface area contributed by atoms with E-state index in [0.29, 0.717) is 4.31 Å². The molecule has 0 amide bonds. The van der Waals surface area contributed by atoms with Gasteiger partial charge in [0, 0.05) is 6.54 Å². The van der Waals surface area contributed by atoms with Gasteiger partial charge in [0.25, 0.3) is 10.2 Å². The Morgan fingerprint density at radius 2 is 1.96 bits per heavy atom. The average Bonchev–Trinajstić information content (AvgIpc) is 2.53. The third-order valence-corrected chi connectivity index (χ3v) is 6.64. The van der Waals surface area contributed by atoms with Crippen molar-refractivity contribution in [2.75, 3.05) is 25.1 Å². The van der Waals surface area contributed by atoms with Gasteiger partial charge in [-0.2, -0.15) is 4.31 Å². The number of rotatable bonds is 8. The number of sulfonamides is 2. The van der Waals surface area contributed by atoms with Crippen LogP contribution in [0.25, 0.3) is 0 Å². The molecule has 1 aromatic carbocycles. The van der Waals surface area contributed by atoms with Gasteiger partial charge in [0.1, 0.15) is 22.5 Å². The van der Waals surface area contributed by atoms with Crippen LogP contribution in [-0.4, -0.2) is 57.2 Å². The number of hydrogen-bond donors (Lipinski definition) is 2. The monoisotopic (exact) mass is 461 g/mol. The van der Waals surface area contributed by atoms with Gasteiger partial charge >= 0.3 is 0 Å². The largest absolute Gasteiger partial charge is 0.370 e. The van der Waals surface area contributed by atoms with E-state index in [1.54, 1.807) is 0 Å². The van der Waals surface area contributed by atoms with Crippen LogP contribution in [0.1, 0.15) is 0 Å². The lowest BCUT2D eigenvalue weighted by Crippen LogP contribution is -2.46. The summed E-state index contributed by atoms with van der Waals surface area (Å²) < 4.78 is 49.3. The summed E-state index contributed by atoms with van der Waals surface area (Å²) in [6.45, 7) is -2.04. The molecule has 1 atom stereocenters. The number of benzene rings is 1. The number of halogens is 1. The van der Waals surface area contributed by atoms with Gasteiger partial charge in [-0.25, -0.2) is 22.0 Å². The Hall–Kier alpha value is -2.47. The first-order chi connectivity index (χ1) is 12.8. The van der Waals surface area contributed by atoms with E-state index in [1.807, 2.05) is 0 Å².